The first kappa shape index (κ1) is 25.3. The second-order valence-electron chi connectivity index (χ2n) is 11.1. The van der Waals surface area contributed by atoms with Crippen molar-refractivity contribution in [2.45, 2.75) is 0 Å². The molecule has 0 N–H and O–H groups in total. The third-order valence-corrected chi connectivity index (χ3v) is 8.37. The van der Waals surface area contributed by atoms with Crippen LogP contribution < -0.4 is 0 Å². The van der Waals surface area contributed by atoms with E-state index in [4.69, 9.17) is 19.4 Å². The topological polar surface area (TPSA) is 64.7 Å². The molecule has 210 valence electrons. The van der Waals surface area contributed by atoms with E-state index < -0.39 is 0 Å². The minimum atomic E-state index is 0.636. The van der Waals surface area contributed by atoms with Crippen molar-refractivity contribution in [3.8, 4) is 45.3 Å². The van der Waals surface area contributed by atoms with Gasteiger partial charge in [-0.2, -0.15) is 0 Å². The summed E-state index contributed by atoms with van der Waals surface area (Å²) in [6.07, 6.45) is 1.81. The van der Waals surface area contributed by atoms with Gasteiger partial charge in [-0.05, 0) is 46.2 Å². The number of aromatic nitrogens is 4. The van der Waals surface area contributed by atoms with Gasteiger partial charge in [0.25, 0.3) is 0 Å². The van der Waals surface area contributed by atoms with Gasteiger partial charge in [0.1, 0.15) is 11.2 Å². The molecule has 0 unspecified atom stereocenters. The summed E-state index contributed by atoms with van der Waals surface area (Å²) in [5.74, 6) is 1.92. The highest BCUT2D eigenvalue weighted by molar-refractivity contribution is 6.18. The van der Waals surface area contributed by atoms with Gasteiger partial charge in [-0.15, -0.1) is 0 Å². The zero-order chi connectivity index (χ0) is 29.7. The van der Waals surface area contributed by atoms with E-state index >= 15 is 0 Å². The predicted octanol–water partition coefficient (Wildman–Crippen LogP) is 10.1. The van der Waals surface area contributed by atoms with Crippen LogP contribution >= 0.6 is 0 Å². The van der Waals surface area contributed by atoms with Gasteiger partial charge in [-0.3, -0.25) is 4.98 Å². The number of furan rings is 1. The highest BCUT2D eigenvalue weighted by Gasteiger charge is 2.19. The summed E-state index contributed by atoms with van der Waals surface area (Å²) in [6.45, 7) is 0. The quantitative estimate of drug-likeness (QED) is 0.209. The van der Waals surface area contributed by atoms with Crippen molar-refractivity contribution in [2.75, 3.05) is 0 Å². The number of rotatable bonds is 4. The lowest BCUT2D eigenvalue weighted by molar-refractivity contribution is 0.669. The summed E-state index contributed by atoms with van der Waals surface area (Å²) in [6, 6.07) is 47.5. The molecular weight excluding hydrogens is 552 g/mol. The first-order valence-electron chi connectivity index (χ1n) is 14.9. The van der Waals surface area contributed by atoms with Crippen molar-refractivity contribution in [3.63, 3.8) is 0 Å². The number of benzene rings is 6. The Morgan fingerprint density at radius 1 is 0.422 bits per heavy atom. The first-order chi connectivity index (χ1) is 22.3. The maximum Gasteiger partial charge on any atom is 0.164 e. The smallest absolute Gasteiger partial charge is 0.164 e. The lowest BCUT2D eigenvalue weighted by atomic mass is 9.92. The van der Waals surface area contributed by atoms with E-state index in [9.17, 15) is 0 Å². The largest absolute Gasteiger partial charge is 0.456 e. The molecule has 0 aliphatic carbocycles. The molecule has 0 spiro atoms. The van der Waals surface area contributed by atoms with Gasteiger partial charge in [0.05, 0.1) is 5.52 Å². The Morgan fingerprint density at radius 3 is 1.80 bits per heavy atom. The molecule has 9 rings (SSSR count). The average Bonchev–Trinajstić information content (AvgIpc) is 3.48. The summed E-state index contributed by atoms with van der Waals surface area (Å²) >= 11 is 0. The van der Waals surface area contributed by atoms with E-state index in [-0.39, 0.29) is 0 Å². The predicted molar refractivity (Wildman–Crippen MR) is 182 cm³/mol. The fourth-order valence-electron chi connectivity index (χ4n) is 6.28. The molecule has 5 nitrogen and oxygen atoms in total. The Bertz CT molecular complexity index is 2480. The van der Waals surface area contributed by atoms with Crippen LogP contribution in [0.1, 0.15) is 0 Å². The SMILES string of the molecule is c1ccc(-c2nc(-c3ccccc3)nc(-c3ccc(-c4cccc5oc6cc7ncccc7cc6c45)c4ccccc34)n2)cc1. The molecule has 0 radical (unpaired) electrons. The minimum absolute atomic E-state index is 0.636. The number of nitrogens with zero attached hydrogens (tertiary/aromatic N) is 4. The molecule has 0 aliphatic heterocycles. The number of pyridine rings is 1. The van der Waals surface area contributed by atoms with E-state index in [1.54, 1.807) is 0 Å². The Labute approximate surface area is 258 Å². The van der Waals surface area contributed by atoms with Gasteiger partial charge in [-0.25, -0.2) is 15.0 Å². The molecule has 0 amide bonds. The fraction of sp³-hybridized carbons (Fsp3) is 0. The molecule has 0 aliphatic rings. The molecular formula is C40H24N4O. The van der Waals surface area contributed by atoms with Crippen molar-refractivity contribution in [1.29, 1.82) is 0 Å². The number of fused-ring (bicyclic) bond motifs is 5. The highest BCUT2D eigenvalue weighted by atomic mass is 16.3. The first-order valence-corrected chi connectivity index (χ1v) is 14.9. The zero-order valence-electron chi connectivity index (χ0n) is 24.1. The van der Waals surface area contributed by atoms with Crippen molar-refractivity contribution < 1.29 is 4.42 Å². The normalized spacial score (nSPS) is 11.6. The van der Waals surface area contributed by atoms with Gasteiger partial charge in [0.15, 0.2) is 17.5 Å². The molecule has 0 bridgehead atoms. The summed E-state index contributed by atoms with van der Waals surface area (Å²) < 4.78 is 6.37. The third-order valence-electron chi connectivity index (χ3n) is 8.37. The van der Waals surface area contributed by atoms with Crippen molar-refractivity contribution in [3.05, 3.63) is 146 Å². The number of hydrogen-bond acceptors (Lipinski definition) is 5. The van der Waals surface area contributed by atoms with Gasteiger partial charge < -0.3 is 4.42 Å². The molecule has 3 heterocycles. The molecule has 0 fully saturated rings. The zero-order valence-corrected chi connectivity index (χ0v) is 24.1. The van der Waals surface area contributed by atoms with Crippen LogP contribution in [0.4, 0.5) is 0 Å². The fourth-order valence-corrected chi connectivity index (χ4v) is 6.28. The van der Waals surface area contributed by atoms with Crippen LogP contribution in [0.5, 0.6) is 0 Å². The highest BCUT2D eigenvalue weighted by Crippen LogP contribution is 2.42. The van der Waals surface area contributed by atoms with Crippen molar-refractivity contribution in [1.82, 2.24) is 19.9 Å². The Hall–Kier alpha value is -6.20. The molecule has 6 aromatic carbocycles. The molecule has 0 saturated carbocycles. The monoisotopic (exact) mass is 576 g/mol. The standard InChI is InChI=1S/C40H24N4O/c1-3-11-25(12-4-1)38-42-39(26-13-5-2-6-14-26)44-40(43-38)32-21-20-30(28-16-7-8-17-29(28)32)31-18-9-19-35-37(31)33-23-27-15-10-22-41-34(27)24-36(33)45-35/h1-24H. The van der Waals surface area contributed by atoms with Crippen molar-refractivity contribution in [2.24, 2.45) is 0 Å². The molecule has 45 heavy (non-hydrogen) atoms. The maximum absolute atomic E-state index is 6.37. The molecule has 5 heteroatoms. The molecule has 0 atom stereocenters. The van der Waals surface area contributed by atoms with E-state index in [0.717, 1.165) is 71.4 Å². The maximum atomic E-state index is 6.37. The third kappa shape index (κ3) is 4.25. The van der Waals surface area contributed by atoms with Crippen LogP contribution in [0.15, 0.2) is 150 Å². The van der Waals surface area contributed by atoms with Crippen LogP contribution in [0.2, 0.25) is 0 Å². The molecule has 0 saturated heterocycles. The van der Waals surface area contributed by atoms with Gasteiger partial charge in [0, 0.05) is 45.1 Å². The number of hydrogen-bond donors (Lipinski definition) is 0. The Morgan fingerprint density at radius 2 is 1.07 bits per heavy atom. The molecule has 9 aromatic rings. The Balaban J connectivity index is 1.28. The van der Waals surface area contributed by atoms with Crippen LogP contribution in [-0.4, -0.2) is 19.9 Å². The average molecular weight is 577 g/mol. The van der Waals surface area contributed by atoms with E-state index in [1.807, 2.05) is 85.1 Å². The van der Waals surface area contributed by atoms with Gasteiger partial charge in [0.2, 0.25) is 0 Å². The summed E-state index contributed by atoms with van der Waals surface area (Å²) in [7, 11) is 0. The second-order valence-corrected chi connectivity index (χ2v) is 11.1. The lowest BCUT2D eigenvalue weighted by Crippen LogP contribution is -2.00. The van der Waals surface area contributed by atoms with Crippen LogP contribution in [0.3, 0.4) is 0 Å². The van der Waals surface area contributed by atoms with Gasteiger partial charge in [-0.1, -0.05) is 109 Å². The second kappa shape index (κ2) is 10.2. The van der Waals surface area contributed by atoms with Crippen LogP contribution in [-0.2, 0) is 0 Å². The van der Waals surface area contributed by atoms with Gasteiger partial charge >= 0.3 is 0 Å². The van der Waals surface area contributed by atoms with E-state index in [1.165, 1.54) is 0 Å². The lowest BCUT2D eigenvalue weighted by Gasteiger charge is -2.13. The van der Waals surface area contributed by atoms with Crippen LogP contribution in [0, 0.1) is 0 Å². The van der Waals surface area contributed by atoms with E-state index in [2.05, 4.69) is 65.6 Å². The van der Waals surface area contributed by atoms with Crippen LogP contribution in [0.25, 0.3) is 88.9 Å². The Kier molecular flexibility index (Phi) is 5.74. The summed E-state index contributed by atoms with van der Waals surface area (Å²) in [5.41, 5.74) is 7.67. The summed E-state index contributed by atoms with van der Waals surface area (Å²) in [4.78, 5) is 19.5. The van der Waals surface area contributed by atoms with Crippen molar-refractivity contribution >= 4 is 43.6 Å². The minimum Gasteiger partial charge on any atom is -0.456 e. The molecule has 3 aromatic heterocycles. The van der Waals surface area contributed by atoms with E-state index in [0.29, 0.717) is 17.5 Å². The summed E-state index contributed by atoms with van der Waals surface area (Å²) in [5, 5.41) is 5.43.